The third kappa shape index (κ3) is 3.61. The number of nitrogens with one attached hydrogen (secondary N) is 1. The average Bonchev–Trinajstić information content (AvgIpc) is 3.27. The van der Waals surface area contributed by atoms with Crippen LogP contribution in [0.4, 0.5) is 5.13 Å². The van der Waals surface area contributed by atoms with Crippen LogP contribution in [0.2, 0.25) is 0 Å². The molecule has 2 aromatic carbocycles. The average molecular weight is 391 g/mol. The normalized spacial score (nSPS) is 13.6. The van der Waals surface area contributed by atoms with E-state index in [1.807, 2.05) is 36.4 Å². The molecule has 140 valence electrons. The minimum Gasteiger partial charge on any atom is -0.486 e. The summed E-state index contributed by atoms with van der Waals surface area (Å²) in [6.45, 7) is 0.246. The summed E-state index contributed by atoms with van der Waals surface area (Å²) < 4.78 is 11.4. The number of fused-ring (bicyclic) bond motifs is 1. The maximum Gasteiger partial charge on any atom is 0.293 e. The van der Waals surface area contributed by atoms with Crippen LogP contribution >= 0.6 is 11.3 Å². The lowest BCUT2D eigenvalue weighted by molar-refractivity contribution is 0.0992. The van der Waals surface area contributed by atoms with E-state index in [4.69, 9.17) is 9.15 Å². The zero-order valence-electron chi connectivity index (χ0n) is 14.9. The van der Waals surface area contributed by atoms with E-state index in [1.54, 1.807) is 12.1 Å². The lowest BCUT2D eigenvalue weighted by Crippen LogP contribution is -2.10. The van der Waals surface area contributed by atoms with Crippen molar-refractivity contribution in [2.75, 3.05) is 5.32 Å². The molecule has 0 unspecified atom stereocenters. The highest BCUT2D eigenvalue weighted by atomic mass is 32.1. The standard InChI is InChI=1S/C21H17N3O3S/c25-19(22-21-24-23-20(28-21)14-5-6-14)18-10-9-17(27-18)12-26-16-8-7-13-3-1-2-4-15(13)11-16/h1-4,7-11,14H,5-6,12H2,(H,22,24,25). The van der Waals surface area contributed by atoms with Gasteiger partial charge in [-0.25, -0.2) is 0 Å². The number of aromatic nitrogens is 2. The molecule has 1 aliphatic rings. The second-order valence-electron chi connectivity index (χ2n) is 6.74. The van der Waals surface area contributed by atoms with Crippen molar-refractivity contribution in [1.29, 1.82) is 0 Å². The summed E-state index contributed by atoms with van der Waals surface area (Å²) in [5, 5.41) is 14.6. The highest BCUT2D eigenvalue weighted by Gasteiger charge is 2.28. The Kier molecular flexibility index (Phi) is 4.29. The van der Waals surface area contributed by atoms with Gasteiger partial charge in [-0.05, 0) is 47.9 Å². The van der Waals surface area contributed by atoms with Crippen molar-refractivity contribution < 1.29 is 13.9 Å². The topological polar surface area (TPSA) is 77.2 Å². The Bertz CT molecular complexity index is 1150. The summed E-state index contributed by atoms with van der Waals surface area (Å²) in [6, 6.07) is 17.4. The van der Waals surface area contributed by atoms with Crippen molar-refractivity contribution in [3.05, 3.63) is 71.1 Å². The van der Waals surface area contributed by atoms with Gasteiger partial charge in [-0.15, -0.1) is 10.2 Å². The van der Waals surface area contributed by atoms with Gasteiger partial charge in [0.05, 0.1) is 0 Å². The van der Waals surface area contributed by atoms with Crippen molar-refractivity contribution >= 4 is 33.1 Å². The van der Waals surface area contributed by atoms with Crippen LogP contribution in [0.1, 0.15) is 40.1 Å². The van der Waals surface area contributed by atoms with Crippen LogP contribution in [-0.4, -0.2) is 16.1 Å². The number of carbonyl (C=O) groups is 1. The number of carbonyl (C=O) groups excluding carboxylic acids is 1. The van der Waals surface area contributed by atoms with Gasteiger partial charge in [0.15, 0.2) is 5.76 Å². The van der Waals surface area contributed by atoms with Gasteiger partial charge in [0, 0.05) is 5.92 Å². The molecule has 0 atom stereocenters. The van der Waals surface area contributed by atoms with E-state index >= 15 is 0 Å². The first-order valence-electron chi connectivity index (χ1n) is 9.10. The van der Waals surface area contributed by atoms with Crippen LogP contribution in [0, 0.1) is 0 Å². The van der Waals surface area contributed by atoms with E-state index in [9.17, 15) is 4.79 Å². The van der Waals surface area contributed by atoms with Crippen molar-refractivity contribution in [2.24, 2.45) is 0 Å². The monoisotopic (exact) mass is 391 g/mol. The van der Waals surface area contributed by atoms with E-state index in [1.165, 1.54) is 11.3 Å². The van der Waals surface area contributed by atoms with Crippen LogP contribution < -0.4 is 10.1 Å². The number of ether oxygens (including phenoxy) is 1. The molecule has 0 aliphatic heterocycles. The van der Waals surface area contributed by atoms with Crippen molar-refractivity contribution in [3.63, 3.8) is 0 Å². The van der Waals surface area contributed by atoms with Gasteiger partial charge in [-0.2, -0.15) is 0 Å². The first-order chi connectivity index (χ1) is 13.7. The van der Waals surface area contributed by atoms with Crippen LogP contribution in [0.3, 0.4) is 0 Å². The van der Waals surface area contributed by atoms with Gasteiger partial charge in [-0.1, -0.05) is 41.7 Å². The molecule has 1 saturated carbocycles. The number of hydrogen-bond acceptors (Lipinski definition) is 6. The summed E-state index contributed by atoms with van der Waals surface area (Å²) in [5.41, 5.74) is 0. The summed E-state index contributed by atoms with van der Waals surface area (Å²) in [5.74, 6) is 1.73. The van der Waals surface area contributed by atoms with E-state index in [0.717, 1.165) is 34.4 Å². The predicted molar refractivity (Wildman–Crippen MR) is 107 cm³/mol. The third-order valence-corrected chi connectivity index (χ3v) is 5.58. The first kappa shape index (κ1) is 16.9. The molecule has 1 amide bonds. The number of nitrogens with zero attached hydrogens (tertiary/aromatic N) is 2. The summed E-state index contributed by atoms with van der Waals surface area (Å²) in [6.07, 6.45) is 2.31. The van der Waals surface area contributed by atoms with Gasteiger partial charge in [0.2, 0.25) is 5.13 Å². The lowest BCUT2D eigenvalue weighted by atomic mass is 10.1. The Morgan fingerprint density at radius 3 is 2.82 bits per heavy atom. The molecular formula is C21H17N3O3S. The Balaban J connectivity index is 1.21. The molecule has 1 aliphatic carbocycles. The van der Waals surface area contributed by atoms with Crippen molar-refractivity contribution in [2.45, 2.75) is 25.4 Å². The number of rotatable bonds is 6. The number of hydrogen-bond donors (Lipinski definition) is 1. The fraction of sp³-hybridized carbons (Fsp3) is 0.190. The molecule has 4 aromatic rings. The van der Waals surface area contributed by atoms with E-state index in [0.29, 0.717) is 16.8 Å². The van der Waals surface area contributed by atoms with Gasteiger partial charge >= 0.3 is 0 Å². The number of amides is 1. The molecule has 28 heavy (non-hydrogen) atoms. The van der Waals surface area contributed by atoms with Crippen molar-refractivity contribution in [3.8, 4) is 5.75 Å². The maximum atomic E-state index is 12.3. The molecule has 6 nitrogen and oxygen atoms in total. The number of furan rings is 1. The molecule has 7 heteroatoms. The summed E-state index contributed by atoms with van der Waals surface area (Å²) >= 11 is 1.42. The van der Waals surface area contributed by atoms with Crippen LogP contribution in [-0.2, 0) is 6.61 Å². The fourth-order valence-corrected chi connectivity index (χ4v) is 3.84. The van der Waals surface area contributed by atoms with E-state index < -0.39 is 0 Å². The second-order valence-corrected chi connectivity index (χ2v) is 7.75. The quantitative estimate of drug-likeness (QED) is 0.501. The molecule has 2 aromatic heterocycles. The van der Waals surface area contributed by atoms with Crippen LogP contribution in [0.5, 0.6) is 5.75 Å². The van der Waals surface area contributed by atoms with Gasteiger partial charge in [-0.3, -0.25) is 10.1 Å². The van der Waals surface area contributed by atoms with E-state index in [2.05, 4.69) is 21.6 Å². The minimum absolute atomic E-state index is 0.222. The number of anilines is 1. The molecule has 0 bridgehead atoms. The Morgan fingerprint density at radius 1 is 1.11 bits per heavy atom. The summed E-state index contributed by atoms with van der Waals surface area (Å²) in [4.78, 5) is 12.3. The zero-order chi connectivity index (χ0) is 18.9. The Morgan fingerprint density at radius 2 is 1.96 bits per heavy atom. The molecule has 0 saturated heterocycles. The van der Waals surface area contributed by atoms with Gasteiger partial charge in [0.25, 0.3) is 5.91 Å². The minimum atomic E-state index is -0.338. The van der Waals surface area contributed by atoms with Crippen molar-refractivity contribution in [1.82, 2.24) is 10.2 Å². The van der Waals surface area contributed by atoms with Crippen LogP contribution in [0.15, 0.2) is 59.0 Å². The molecular weight excluding hydrogens is 374 g/mol. The molecule has 0 spiro atoms. The largest absolute Gasteiger partial charge is 0.486 e. The smallest absolute Gasteiger partial charge is 0.293 e. The van der Waals surface area contributed by atoms with Gasteiger partial charge in [0.1, 0.15) is 23.1 Å². The first-order valence-corrected chi connectivity index (χ1v) is 9.91. The molecule has 5 rings (SSSR count). The Hall–Kier alpha value is -3.19. The maximum absolute atomic E-state index is 12.3. The fourth-order valence-electron chi connectivity index (χ4n) is 2.93. The zero-order valence-corrected chi connectivity index (χ0v) is 15.7. The summed E-state index contributed by atoms with van der Waals surface area (Å²) in [7, 11) is 0. The molecule has 0 radical (unpaired) electrons. The van der Waals surface area contributed by atoms with Crippen LogP contribution in [0.25, 0.3) is 10.8 Å². The lowest BCUT2D eigenvalue weighted by Gasteiger charge is -2.05. The van der Waals surface area contributed by atoms with Gasteiger partial charge < -0.3 is 9.15 Å². The van der Waals surface area contributed by atoms with E-state index in [-0.39, 0.29) is 18.3 Å². The number of benzene rings is 2. The molecule has 1 fully saturated rings. The highest BCUT2D eigenvalue weighted by molar-refractivity contribution is 7.15. The molecule has 2 heterocycles. The SMILES string of the molecule is O=C(Nc1nnc(C2CC2)s1)c1ccc(COc2ccc3ccccc3c2)o1. The molecule has 1 N–H and O–H groups in total. The Labute approximate surface area is 165 Å². The third-order valence-electron chi connectivity index (χ3n) is 4.58. The second kappa shape index (κ2) is 7.09. The predicted octanol–water partition coefficient (Wildman–Crippen LogP) is 4.99. The highest BCUT2D eigenvalue weighted by Crippen LogP contribution is 2.42.